The minimum atomic E-state index is -0.421. The van der Waals surface area contributed by atoms with E-state index in [0.29, 0.717) is 25.0 Å². The first kappa shape index (κ1) is 18.1. The van der Waals surface area contributed by atoms with Gasteiger partial charge >= 0.3 is 5.97 Å². The Balaban J connectivity index is 0.000000555. The molecule has 1 fully saturated rings. The summed E-state index contributed by atoms with van der Waals surface area (Å²) in [6.07, 6.45) is 4.40. The van der Waals surface area contributed by atoms with Crippen LogP contribution in [0.4, 0.5) is 0 Å². The zero-order valence-corrected chi connectivity index (χ0v) is 12.5. The molecule has 5 nitrogen and oxygen atoms in total. The van der Waals surface area contributed by atoms with E-state index < -0.39 is 6.04 Å². The van der Waals surface area contributed by atoms with Crippen LogP contribution in [0, 0.1) is 5.92 Å². The molecule has 1 aliphatic heterocycles. The number of hydrogen-bond donors (Lipinski definition) is 1. The van der Waals surface area contributed by atoms with Crippen LogP contribution in [0.1, 0.15) is 40.0 Å². The van der Waals surface area contributed by atoms with Crippen molar-refractivity contribution in [2.75, 3.05) is 20.2 Å². The Kier molecular flexibility index (Phi) is 9.43. The summed E-state index contributed by atoms with van der Waals surface area (Å²) in [6.45, 7) is 7.26. The van der Waals surface area contributed by atoms with Gasteiger partial charge in [0.05, 0.1) is 12.6 Å². The summed E-state index contributed by atoms with van der Waals surface area (Å²) in [4.78, 5) is 22.9. The number of carbonyl (C=O) groups is 1. The minimum absolute atomic E-state index is 0.0331. The molecule has 0 aromatic carbocycles. The van der Waals surface area contributed by atoms with Crippen LogP contribution in [0.3, 0.4) is 0 Å². The lowest BCUT2D eigenvalue weighted by molar-refractivity contribution is -0.144. The highest BCUT2D eigenvalue weighted by Gasteiger charge is 2.24. The Morgan fingerprint density at radius 2 is 2.16 bits per heavy atom. The van der Waals surface area contributed by atoms with Gasteiger partial charge in [0.15, 0.2) is 0 Å². The van der Waals surface area contributed by atoms with Gasteiger partial charge in [0.25, 0.3) is 0 Å². The van der Waals surface area contributed by atoms with E-state index in [1.165, 1.54) is 0 Å². The molecular weight excluding hydrogens is 244 g/mol. The van der Waals surface area contributed by atoms with Crippen molar-refractivity contribution in [3.05, 3.63) is 0 Å². The normalized spacial score (nSPS) is 24.9. The number of hydrogen-bond acceptors (Lipinski definition) is 5. The van der Waals surface area contributed by atoms with Gasteiger partial charge in [-0.05, 0) is 53.1 Å². The number of likely N-dealkylation sites (tertiary alicyclic amines) is 1. The smallest absolute Gasteiger partial charge is 0.306 e. The van der Waals surface area contributed by atoms with E-state index in [2.05, 4.69) is 18.9 Å². The van der Waals surface area contributed by atoms with Crippen LogP contribution in [0.25, 0.3) is 0 Å². The third kappa shape index (κ3) is 8.72. The SMILES string of the molecule is CC(N)[C]=O.CCOC(=O)CC1CCN(C)C(C)C1. The van der Waals surface area contributed by atoms with E-state index in [1.807, 2.05) is 6.92 Å². The molecule has 0 saturated carbocycles. The van der Waals surface area contributed by atoms with Gasteiger partial charge in [-0.25, -0.2) is 0 Å². The topological polar surface area (TPSA) is 72.6 Å². The molecule has 1 aliphatic rings. The standard InChI is InChI=1S/C11H21NO2.C3H6NO/c1-4-14-11(13)8-10-5-6-12(3)9(2)7-10;1-3(4)2-5/h9-10H,4-8H2,1-3H3;3H,4H2,1H3. The Hall–Kier alpha value is -0.940. The van der Waals surface area contributed by atoms with Crippen LogP contribution in [-0.4, -0.2) is 49.4 Å². The minimum Gasteiger partial charge on any atom is -0.466 e. The molecule has 0 bridgehead atoms. The molecule has 111 valence electrons. The molecule has 19 heavy (non-hydrogen) atoms. The quantitative estimate of drug-likeness (QED) is 0.776. The fraction of sp³-hybridized carbons (Fsp3) is 0.857. The van der Waals surface area contributed by atoms with Crippen LogP contribution >= 0.6 is 0 Å². The van der Waals surface area contributed by atoms with Crippen LogP contribution in [0.15, 0.2) is 0 Å². The molecule has 1 radical (unpaired) electrons. The second-order valence-electron chi connectivity index (χ2n) is 5.14. The number of carbonyl (C=O) groups excluding carboxylic acids is 2. The van der Waals surface area contributed by atoms with Gasteiger partial charge in [-0.3, -0.25) is 9.59 Å². The fourth-order valence-electron chi connectivity index (χ4n) is 2.03. The monoisotopic (exact) mass is 271 g/mol. The van der Waals surface area contributed by atoms with E-state index in [1.54, 1.807) is 13.2 Å². The molecule has 1 heterocycles. The predicted molar refractivity (Wildman–Crippen MR) is 75.4 cm³/mol. The maximum absolute atomic E-state index is 11.3. The third-order valence-electron chi connectivity index (χ3n) is 3.26. The molecule has 3 unspecified atom stereocenters. The molecule has 0 aromatic rings. The van der Waals surface area contributed by atoms with Gasteiger partial charge in [0, 0.05) is 12.5 Å². The fourth-order valence-corrected chi connectivity index (χ4v) is 2.03. The van der Waals surface area contributed by atoms with Gasteiger partial charge in [0.2, 0.25) is 6.29 Å². The highest BCUT2D eigenvalue weighted by Crippen LogP contribution is 2.24. The second-order valence-corrected chi connectivity index (χ2v) is 5.14. The molecule has 1 rings (SSSR count). The lowest BCUT2D eigenvalue weighted by Gasteiger charge is -2.34. The summed E-state index contributed by atoms with van der Waals surface area (Å²) in [5.41, 5.74) is 4.87. The average Bonchev–Trinajstić information content (AvgIpc) is 2.35. The molecule has 0 amide bonds. The number of esters is 1. The Labute approximate surface area is 116 Å². The van der Waals surface area contributed by atoms with Crippen LogP contribution in [-0.2, 0) is 14.3 Å². The van der Waals surface area contributed by atoms with E-state index in [9.17, 15) is 9.59 Å². The first-order chi connectivity index (χ1) is 8.90. The molecule has 3 atom stereocenters. The Morgan fingerprint density at radius 3 is 2.58 bits per heavy atom. The number of piperidine rings is 1. The van der Waals surface area contributed by atoms with Crippen molar-refractivity contribution in [3.8, 4) is 0 Å². The lowest BCUT2D eigenvalue weighted by atomic mass is 9.89. The Morgan fingerprint density at radius 1 is 1.58 bits per heavy atom. The van der Waals surface area contributed by atoms with Crippen molar-refractivity contribution in [1.82, 2.24) is 4.90 Å². The molecule has 2 N–H and O–H groups in total. The summed E-state index contributed by atoms with van der Waals surface area (Å²) in [5.74, 6) is 0.495. The van der Waals surface area contributed by atoms with Crippen molar-refractivity contribution < 1.29 is 14.3 Å². The van der Waals surface area contributed by atoms with Crippen molar-refractivity contribution in [3.63, 3.8) is 0 Å². The van der Waals surface area contributed by atoms with Gasteiger partial charge < -0.3 is 15.4 Å². The van der Waals surface area contributed by atoms with Crippen molar-refractivity contribution in [2.45, 2.75) is 52.1 Å². The summed E-state index contributed by atoms with van der Waals surface area (Å²) >= 11 is 0. The third-order valence-corrected chi connectivity index (χ3v) is 3.26. The first-order valence-corrected chi connectivity index (χ1v) is 6.89. The van der Waals surface area contributed by atoms with Crippen molar-refractivity contribution in [1.29, 1.82) is 0 Å². The summed E-state index contributed by atoms with van der Waals surface area (Å²) in [6, 6.07) is 0.179. The first-order valence-electron chi connectivity index (χ1n) is 6.89. The number of rotatable bonds is 4. The van der Waals surface area contributed by atoms with Crippen LogP contribution in [0.2, 0.25) is 0 Å². The number of ether oxygens (including phenoxy) is 1. The molecule has 1 saturated heterocycles. The lowest BCUT2D eigenvalue weighted by Crippen LogP contribution is -2.38. The summed E-state index contributed by atoms with van der Waals surface area (Å²) in [5, 5.41) is 0. The van der Waals surface area contributed by atoms with Crippen LogP contribution in [0.5, 0.6) is 0 Å². The molecular formula is C14H27N2O3. The van der Waals surface area contributed by atoms with Crippen LogP contribution < -0.4 is 5.73 Å². The molecule has 0 spiro atoms. The van der Waals surface area contributed by atoms with Gasteiger partial charge in [-0.15, -0.1) is 0 Å². The summed E-state index contributed by atoms with van der Waals surface area (Å²) < 4.78 is 4.95. The van der Waals surface area contributed by atoms with Crippen molar-refractivity contribution >= 4 is 12.3 Å². The van der Waals surface area contributed by atoms with Gasteiger partial charge in [-0.2, -0.15) is 0 Å². The van der Waals surface area contributed by atoms with Gasteiger partial charge in [-0.1, -0.05) is 0 Å². The second kappa shape index (κ2) is 9.92. The highest BCUT2D eigenvalue weighted by molar-refractivity contribution is 5.69. The van der Waals surface area contributed by atoms with Gasteiger partial charge in [0.1, 0.15) is 0 Å². The van der Waals surface area contributed by atoms with E-state index in [0.717, 1.165) is 19.4 Å². The predicted octanol–water partition coefficient (Wildman–Crippen LogP) is 1.11. The number of nitrogens with two attached hydrogens (primary N) is 1. The van der Waals surface area contributed by atoms with E-state index >= 15 is 0 Å². The molecule has 0 aliphatic carbocycles. The number of nitrogens with zero attached hydrogens (tertiary/aromatic N) is 1. The average molecular weight is 271 g/mol. The maximum atomic E-state index is 11.3. The largest absolute Gasteiger partial charge is 0.466 e. The zero-order valence-electron chi connectivity index (χ0n) is 12.5. The Bertz CT molecular complexity index is 269. The van der Waals surface area contributed by atoms with Crippen molar-refractivity contribution in [2.24, 2.45) is 11.7 Å². The summed E-state index contributed by atoms with van der Waals surface area (Å²) in [7, 11) is 2.14. The molecule has 0 aromatic heterocycles. The van der Waals surface area contributed by atoms with E-state index in [-0.39, 0.29) is 5.97 Å². The maximum Gasteiger partial charge on any atom is 0.306 e. The highest BCUT2D eigenvalue weighted by atomic mass is 16.5. The molecule has 5 heteroatoms. The van der Waals surface area contributed by atoms with E-state index in [4.69, 9.17) is 10.5 Å². The zero-order chi connectivity index (χ0) is 14.8.